The second-order valence-electron chi connectivity index (χ2n) is 5.54. The summed E-state index contributed by atoms with van der Waals surface area (Å²) < 4.78 is 1.68. The summed E-state index contributed by atoms with van der Waals surface area (Å²) in [6, 6.07) is 8.87. The summed E-state index contributed by atoms with van der Waals surface area (Å²) in [5.74, 6) is -0.163. The summed E-state index contributed by atoms with van der Waals surface area (Å²) in [6.45, 7) is 5.50. The Morgan fingerprint density at radius 3 is 2.41 bits per heavy atom. The molecule has 116 valence electrons. The van der Waals surface area contributed by atoms with E-state index in [0.29, 0.717) is 16.8 Å². The Bertz CT molecular complexity index is 689. The number of hydrogen-bond acceptors (Lipinski definition) is 3. The van der Waals surface area contributed by atoms with Crippen molar-refractivity contribution < 1.29 is 9.59 Å². The third kappa shape index (κ3) is 3.42. The zero-order valence-corrected chi connectivity index (χ0v) is 13.4. The topological polar surface area (TPSA) is 64.0 Å². The summed E-state index contributed by atoms with van der Waals surface area (Å²) in [4.78, 5) is 24.5. The van der Waals surface area contributed by atoms with Crippen LogP contribution in [0, 0.1) is 13.8 Å². The van der Waals surface area contributed by atoms with Crippen LogP contribution < -0.4 is 5.32 Å². The molecule has 0 radical (unpaired) electrons. The van der Waals surface area contributed by atoms with Gasteiger partial charge in [0.2, 0.25) is 0 Å². The van der Waals surface area contributed by atoms with Crippen molar-refractivity contribution in [2.75, 3.05) is 0 Å². The highest BCUT2D eigenvalue weighted by Crippen LogP contribution is 2.12. The van der Waals surface area contributed by atoms with Crippen molar-refractivity contribution in [3.63, 3.8) is 0 Å². The first-order valence-electron chi connectivity index (χ1n) is 7.29. The number of benzene rings is 1. The fraction of sp³-hybridized carbons (Fsp3) is 0.353. The Hall–Kier alpha value is -2.43. The van der Waals surface area contributed by atoms with Crippen molar-refractivity contribution in [3.8, 4) is 0 Å². The molecule has 0 aliphatic carbocycles. The molecule has 5 nitrogen and oxygen atoms in total. The predicted octanol–water partition coefficient (Wildman–Crippen LogP) is 2.43. The second-order valence-corrected chi connectivity index (χ2v) is 5.54. The fourth-order valence-corrected chi connectivity index (χ4v) is 2.47. The minimum Gasteiger partial charge on any atom is -0.349 e. The number of carbonyl (C=O) groups excluding carboxylic acids is 2. The Kier molecular flexibility index (Phi) is 4.75. The SMILES string of the molecule is Cc1nn(C)c(C)c1C(=O)N[C@H](C)CC(=O)c1ccccc1. The molecule has 2 rings (SSSR count). The molecular weight excluding hydrogens is 278 g/mol. The van der Waals surface area contributed by atoms with Gasteiger partial charge in [-0.3, -0.25) is 14.3 Å². The lowest BCUT2D eigenvalue weighted by atomic mass is 10.0. The number of nitrogens with one attached hydrogen (secondary N) is 1. The van der Waals surface area contributed by atoms with Gasteiger partial charge in [0.05, 0.1) is 11.3 Å². The van der Waals surface area contributed by atoms with Crippen molar-refractivity contribution in [1.82, 2.24) is 15.1 Å². The van der Waals surface area contributed by atoms with E-state index in [9.17, 15) is 9.59 Å². The number of ketones is 1. The highest BCUT2D eigenvalue weighted by Gasteiger charge is 2.20. The molecule has 1 aromatic carbocycles. The summed E-state index contributed by atoms with van der Waals surface area (Å²) in [7, 11) is 1.81. The number of aromatic nitrogens is 2. The molecule has 1 amide bonds. The van der Waals surface area contributed by atoms with Crippen molar-refractivity contribution in [3.05, 3.63) is 52.8 Å². The molecule has 22 heavy (non-hydrogen) atoms. The highest BCUT2D eigenvalue weighted by molar-refractivity contribution is 5.98. The normalized spacial score (nSPS) is 12.0. The minimum absolute atomic E-state index is 0.0213. The van der Waals surface area contributed by atoms with Crippen molar-refractivity contribution in [2.24, 2.45) is 7.05 Å². The van der Waals surface area contributed by atoms with Gasteiger partial charge in [0.15, 0.2) is 5.78 Å². The number of hydrogen-bond donors (Lipinski definition) is 1. The molecule has 0 aliphatic rings. The Morgan fingerprint density at radius 1 is 1.23 bits per heavy atom. The Labute approximate surface area is 130 Å². The lowest BCUT2D eigenvalue weighted by molar-refractivity contribution is 0.0917. The molecule has 0 fully saturated rings. The van der Waals surface area contributed by atoms with Crippen LogP contribution in [0.25, 0.3) is 0 Å². The smallest absolute Gasteiger partial charge is 0.255 e. The zero-order valence-electron chi connectivity index (χ0n) is 13.4. The van der Waals surface area contributed by atoms with Crippen LogP contribution in [0.5, 0.6) is 0 Å². The molecule has 5 heteroatoms. The van der Waals surface area contributed by atoms with E-state index in [2.05, 4.69) is 10.4 Å². The summed E-state index contributed by atoms with van der Waals surface area (Å²) >= 11 is 0. The van der Waals surface area contributed by atoms with Gasteiger partial charge in [-0.25, -0.2) is 0 Å². The van der Waals surface area contributed by atoms with Crippen molar-refractivity contribution in [1.29, 1.82) is 0 Å². The maximum Gasteiger partial charge on any atom is 0.255 e. The molecule has 0 spiro atoms. The van der Waals surface area contributed by atoms with Crippen LogP contribution >= 0.6 is 0 Å². The lowest BCUT2D eigenvalue weighted by Crippen LogP contribution is -2.34. The van der Waals surface area contributed by atoms with Gasteiger partial charge >= 0.3 is 0 Å². The van der Waals surface area contributed by atoms with E-state index in [1.165, 1.54) is 0 Å². The van der Waals surface area contributed by atoms with E-state index in [-0.39, 0.29) is 24.2 Å². The number of amides is 1. The van der Waals surface area contributed by atoms with Crippen LogP contribution in [0.4, 0.5) is 0 Å². The second kappa shape index (κ2) is 6.56. The molecule has 2 aromatic rings. The molecule has 0 saturated heterocycles. The van der Waals surface area contributed by atoms with Gasteiger partial charge in [0, 0.05) is 30.8 Å². The molecule has 0 unspecified atom stereocenters. The van der Waals surface area contributed by atoms with Gasteiger partial charge in [-0.05, 0) is 20.8 Å². The van der Waals surface area contributed by atoms with Crippen LogP contribution in [0.1, 0.15) is 45.4 Å². The first-order valence-corrected chi connectivity index (χ1v) is 7.29. The van der Waals surface area contributed by atoms with E-state index in [1.54, 1.807) is 16.8 Å². The molecular formula is C17H21N3O2. The van der Waals surface area contributed by atoms with Crippen LogP contribution in [-0.2, 0) is 7.05 Å². The largest absolute Gasteiger partial charge is 0.349 e. The van der Waals surface area contributed by atoms with E-state index in [4.69, 9.17) is 0 Å². The number of carbonyl (C=O) groups is 2. The fourth-order valence-electron chi connectivity index (χ4n) is 2.47. The van der Waals surface area contributed by atoms with Gasteiger partial charge in [-0.2, -0.15) is 5.10 Å². The number of nitrogens with zero attached hydrogens (tertiary/aromatic N) is 2. The average molecular weight is 299 g/mol. The van der Waals surface area contributed by atoms with Crippen molar-refractivity contribution in [2.45, 2.75) is 33.2 Å². The third-order valence-electron chi connectivity index (χ3n) is 3.70. The maximum absolute atomic E-state index is 12.4. The van der Waals surface area contributed by atoms with Crippen LogP contribution in [0.3, 0.4) is 0 Å². The maximum atomic E-state index is 12.4. The van der Waals surface area contributed by atoms with E-state index in [0.717, 1.165) is 5.69 Å². The average Bonchev–Trinajstić information content (AvgIpc) is 2.72. The highest BCUT2D eigenvalue weighted by atomic mass is 16.2. The first kappa shape index (κ1) is 15.9. The molecule has 1 heterocycles. The quantitative estimate of drug-likeness (QED) is 0.862. The van der Waals surface area contributed by atoms with Crippen LogP contribution in [0.2, 0.25) is 0 Å². The molecule has 1 aromatic heterocycles. The van der Waals surface area contributed by atoms with Crippen LogP contribution in [0.15, 0.2) is 30.3 Å². The Morgan fingerprint density at radius 2 is 1.86 bits per heavy atom. The molecule has 0 bridgehead atoms. The molecule has 0 saturated carbocycles. The van der Waals surface area contributed by atoms with E-state index >= 15 is 0 Å². The van der Waals surface area contributed by atoms with Gasteiger partial charge in [0.1, 0.15) is 0 Å². The summed E-state index contributed by atoms with van der Waals surface area (Å²) in [5.41, 5.74) is 2.76. The molecule has 1 atom stereocenters. The number of aryl methyl sites for hydroxylation is 2. The first-order chi connectivity index (χ1) is 10.4. The van der Waals surface area contributed by atoms with Crippen LogP contribution in [-0.4, -0.2) is 27.5 Å². The minimum atomic E-state index is -0.237. The van der Waals surface area contributed by atoms with Gasteiger partial charge in [-0.15, -0.1) is 0 Å². The zero-order chi connectivity index (χ0) is 16.3. The molecule has 1 N–H and O–H groups in total. The number of Topliss-reactive ketones (excluding diaryl/α,β-unsaturated/α-hetero) is 1. The number of rotatable bonds is 5. The summed E-state index contributed by atoms with van der Waals surface area (Å²) in [5, 5.41) is 7.12. The lowest BCUT2D eigenvalue weighted by Gasteiger charge is -2.13. The molecule has 0 aliphatic heterocycles. The van der Waals surface area contributed by atoms with Gasteiger partial charge in [-0.1, -0.05) is 30.3 Å². The third-order valence-corrected chi connectivity index (χ3v) is 3.70. The van der Waals surface area contributed by atoms with Gasteiger partial charge < -0.3 is 5.32 Å². The summed E-state index contributed by atoms with van der Waals surface area (Å²) in [6.07, 6.45) is 0.272. The Balaban J connectivity index is 2.01. The van der Waals surface area contributed by atoms with E-state index in [1.807, 2.05) is 46.0 Å². The van der Waals surface area contributed by atoms with Crippen molar-refractivity contribution >= 4 is 11.7 Å². The monoisotopic (exact) mass is 299 g/mol. The predicted molar refractivity (Wildman–Crippen MR) is 85.0 cm³/mol. The van der Waals surface area contributed by atoms with E-state index < -0.39 is 0 Å². The van der Waals surface area contributed by atoms with Gasteiger partial charge in [0.25, 0.3) is 5.91 Å². The standard InChI is InChI=1S/C17H21N3O2/c1-11(10-15(21)14-8-6-5-7-9-14)18-17(22)16-12(2)19-20(4)13(16)3/h5-9,11H,10H2,1-4H3,(H,18,22)/t11-/m1/s1.